The van der Waals surface area contributed by atoms with E-state index in [9.17, 15) is 18.0 Å². The van der Waals surface area contributed by atoms with Crippen LogP contribution in [0.25, 0.3) is 0 Å². The van der Waals surface area contributed by atoms with Crippen molar-refractivity contribution < 1.29 is 18.0 Å². The Bertz CT molecular complexity index is 784. The first kappa shape index (κ1) is 19.1. The van der Waals surface area contributed by atoms with Crippen molar-refractivity contribution in [3.05, 3.63) is 28.8 Å². The summed E-state index contributed by atoms with van der Waals surface area (Å²) in [4.78, 5) is 23.4. The van der Waals surface area contributed by atoms with Crippen LogP contribution < -0.4 is 16.8 Å². The van der Waals surface area contributed by atoms with Gasteiger partial charge in [-0.25, -0.2) is 0 Å². The van der Waals surface area contributed by atoms with Crippen molar-refractivity contribution in [2.45, 2.75) is 23.5 Å². The van der Waals surface area contributed by atoms with Gasteiger partial charge in [0.25, 0.3) is 0 Å². The Balaban J connectivity index is 2.13. The molecule has 1 aromatic carbocycles. The lowest BCUT2D eigenvalue weighted by Gasteiger charge is -2.14. The van der Waals surface area contributed by atoms with Gasteiger partial charge in [-0.3, -0.25) is 4.79 Å². The highest BCUT2D eigenvalue weighted by atomic mass is 35.5. The smallest absolute Gasteiger partial charge is 0.368 e. The lowest BCUT2D eigenvalue weighted by Crippen LogP contribution is -2.23. The third-order valence-corrected chi connectivity index (χ3v) is 4.14. The van der Waals surface area contributed by atoms with Crippen LogP contribution in [0.5, 0.6) is 0 Å². The average molecular weight is 393 g/mol. The topological polar surface area (TPSA) is 120 Å². The highest BCUT2D eigenvalue weighted by molar-refractivity contribution is 8.00. The Hall–Kier alpha value is -2.27. The predicted octanol–water partition coefficient (Wildman–Crippen LogP) is 2.83. The lowest BCUT2D eigenvalue weighted by molar-refractivity contribution is -0.137. The van der Waals surface area contributed by atoms with Gasteiger partial charge in [-0.15, -0.1) is 0 Å². The number of alkyl halides is 3. The summed E-state index contributed by atoms with van der Waals surface area (Å²) < 4.78 is 38.3. The Morgan fingerprint density at radius 3 is 2.40 bits per heavy atom. The minimum Gasteiger partial charge on any atom is -0.368 e. The van der Waals surface area contributed by atoms with Crippen molar-refractivity contribution in [1.82, 2.24) is 15.0 Å². The number of halogens is 4. The summed E-state index contributed by atoms with van der Waals surface area (Å²) in [7, 11) is 0. The second-order valence-corrected chi connectivity index (χ2v) is 6.49. The molecule has 0 saturated carbocycles. The maximum atomic E-state index is 12.8. The number of nitrogens with zero attached hydrogens (tertiary/aromatic N) is 3. The molecule has 12 heteroatoms. The van der Waals surface area contributed by atoms with Crippen molar-refractivity contribution in [2.24, 2.45) is 0 Å². The molecule has 0 radical (unpaired) electrons. The summed E-state index contributed by atoms with van der Waals surface area (Å²) in [6.07, 6.45) is -4.55. The second kappa shape index (κ2) is 7.31. The van der Waals surface area contributed by atoms with Gasteiger partial charge in [-0.1, -0.05) is 23.4 Å². The standard InChI is InChI=1S/C13H12ClF3N6OS/c1-5(25-12-22-10(18)21-11(19)23-12)9(24)20-8-4-6(13(15,16)17)2-3-7(8)14/h2-5H,1H3,(H,20,24)(H4,18,19,21,22,23)/t5-/m0/s1. The molecule has 7 nitrogen and oxygen atoms in total. The van der Waals surface area contributed by atoms with Crippen LogP contribution in [-0.2, 0) is 11.0 Å². The van der Waals surface area contributed by atoms with Crippen LogP contribution in [0.2, 0.25) is 5.02 Å². The molecule has 2 rings (SSSR count). The predicted molar refractivity (Wildman–Crippen MR) is 89.1 cm³/mol. The van der Waals surface area contributed by atoms with Gasteiger partial charge in [0, 0.05) is 0 Å². The van der Waals surface area contributed by atoms with E-state index in [1.165, 1.54) is 6.92 Å². The molecule has 0 aliphatic carbocycles. The summed E-state index contributed by atoms with van der Waals surface area (Å²) >= 11 is 6.76. The van der Waals surface area contributed by atoms with Crippen LogP contribution in [-0.4, -0.2) is 26.1 Å². The van der Waals surface area contributed by atoms with Crippen molar-refractivity contribution in [3.8, 4) is 0 Å². The van der Waals surface area contributed by atoms with Gasteiger partial charge in [0.1, 0.15) is 0 Å². The third kappa shape index (κ3) is 5.10. The highest BCUT2D eigenvalue weighted by Crippen LogP contribution is 2.34. The lowest BCUT2D eigenvalue weighted by atomic mass is 10.2. The number of hydrogen-bond acceptors (Lipinski definition) is 7. The Labute approximate surface area is 149 Å². The summed E-state index contributed by atoms with van der Waals surface area (Å²) in [6, 6.07) is 2.65. The van der Waals surface area contributed by atoms with E-state index < -0.39 is 22.9 Å². The number of carbonyl (C=O) groups is 1. The fraction of sp³-hybridized carbons (Fsp3) is 0.231. The Morgan fingerprint density at radius 2 is 1.84 bits per heavy atom. The van der Waals surface area contributed by atoms with E-state index in [2.05, 4.69) is 20.3 Å². The first-order chi connectivity index (χ1) is 11.6. The number of nitrogens with two attached hydrogens (primary N) is 2. The molecule has 1 amide bonds. The average Bonchev–Trinajstić information content (AvgIpc) is 2.47. The molecule has 5 N–H and O–H groups in total. The number of rotatable bonds is 4. The van der Waals surface area contributed by atoms with Gasteiger partial charge < -0.3 is 16.8 Å². The molecule has 0 unspecified atom stereocenters. The van der Waals surface area contributed by atoms with Gasteiger partial charge >= 0.3 is 6.18 Å². The number of nitrogens with one attached hydrogen (secondary N) is 1. The molecule has 25 heavy (non-hydrogen) atoms. The number of carbonyl (C=O) groups excluding carboxylic acids is 1. The molecule has 2 aromatic rings. The number of benzene rings is 1. The number of aromatic nitrogens is 3. The molecule has 0 saturated heterocycles. The summed E-state index contributed by atoms with van der Waals surface area (Å²) in [5.41, 5.74) is 9.79. The van der Waals surface area contributed by atoms with Gasteiger partial charge in [0.2, 0.25) is 17.8 Å². The molecular weight excluding hydrogens is 381 g/mol. The van der Waals surface area contributed by atoms with E-state index in [4.69, 9.17) is 23.1 Å². The Kier molecular flexibility index (Phi) is 5.58. The van der Waals surface area contributed by atoms with Crippen molar-refractivity contribution in [3.63, 3.8) is 0 Å². The molecule has 134 valence electrons. The van der Waals surface area contributed by atoms with Crippen LogP contribution in [0.4, 0.5) is 30.8 Å². The fourth-order valence-corrected chi connectivity index (χ4v) is 2.62. The minimum atomic E-state index is -4.55. The first-order valence-electron chi connectivity index (χ1n) is 6.67. The van der Waals surface area contributed by atoms with E-state index in [0.717, 1.165) is 30.0 Å². The monoisotopic (exact) mass is 392 g/mol. The summed E-state index contributed by atoms with van der Waals surface area (Å²) in [6.45, 7) is 1.51. The Morgan fingerprint density at radius 1 is 1.24 bits per heavy atom. The number of thioether (sulfide) groups is 1. The normalized spacial score (nSPS) is 12.7. The van der Waals surface area contributed by atoms with Gasteiger partial charge in [0.15, 0.2) is 5.16 Å². The van der Waals surface area contributed by atoms with Gasteiger partial charge in [-0.2, -0.15) is 28.1 Å². The maximum Gasteiger partial charge on any atom is 0.416 e. The van der Waals surface area contributed by atoms with Crippen LogP contribution in [0.1, 0.15) is 12.5 Å². The molecule has 1 atom stereocenters. The number of hydrogen-bond donors (Lipinski definition) is 3. The SMILES string of the molecule is C[C@H](Sc1nc(N)nc(N)n1)C(=O)Nc1cc(C(F)(F)F)ccc1Cl. The minimum absolute atomic E-state index is 0.0211. The van der Waals surface area contributed by atoms with Gasteiger partial charge in [-0.05, 0) is 25.1 Å². The van der Waals surface area contributed by atoms with Crippen LogP contribution >= 0.6 is 23.4 Å². The van der Waals surface area contributed by atoms with Crippen molar-refractivity contribution >= 4 is 46.9 Å². The number of anilines is 3. The van der Waals surface area contributed by atoms with Crippen LogP contribution in [0.3, 0.4) is 0 Å². The molecule has 1 aromatic heterocycles. The molecular formula is C13H12ClF3N6OS. The molecule has 1 heterocycles. The van der Waals surface area contributed by atoms with E-state index in [1.807, 2.05) is 0 Å². The molecule has 0 aliphatic rings. The van der Waals surface area contributed by atoms with E-state index >= 15 is 0 Å². The van der Waals surface area contributed by atoms with E-state index in [-0.39, 0.29) is 27.8 Å². The molecule has 0 fully saturated rings. The number of nitrogen functional groups attached to an aromatic ring is 2. The molecule has 0 spiro atoms. The zero-order valence-corrected chi connectivity index (χ0v) is 14.2. The quantitative estimate of drug-likeness (QED) is 0.684. The van der Waals surface area contributed by atoms with Crippen molar-refractivity contribution in [2.75, 3.05) is 16.8 Å². The van der Waals surface area contributed by atoms with Gasteiger partial charge in [0.05, 0.1) is 21.5 Å². The van der Waals surface area contributed by atoms with Crippen LogP contribution in [0, 0.1) is 0 Å². The molecule has 0 bridgehead atoms. The first-order valence-corrected chi connectivity index (χ1v) is 7.93. The third-order valence-electron chi connectivity index (χ3n) is 2.85. The number of amides is 1. The summed E-state index contributed by atoms with van der Waals surface area (Å²) in [5, 5.41) is 1.68. The molecule has 0 aliphatic heterocycles. The zero-order chi connectivity index (χ0) is 18.8. The maximum absolute atomic E-state index is 12.8. The van der Waals surface area contributed by atoms with E-state index in [1.54, 1.807) is 0 Å². The zero-order valence-electron chi connectivity index (χ0n) is 12.6. The fourth-order valence-electron chi connectivity index (χ4n) is 1.68. The second-order valence-electron chi connectivity index (χ2n) is 4.78. The van der Waals surface area contributed by atoms with Crippen LogP contribution in [0.15, 0.2) is 23.4 Å². The summed E-state index contributed by atoms with van der Waals surface area (Å²) in [5.74, 6) is -0.809. The van der Waals surface area contributed by atoms with E-state index in [0.29, 0.717) is 0 Å². The highest BCUT2D eigenvalue weighted by Gasteiger charge is 2.31. The largest absolute Gasteiger partial charge is 0.416 e. The van der Waals surface area contributed by atoms with Crippen molar-refractivity contribution in [1.29, 1.82) is 0 Å².